The van der Waals surface area contributed by atoms with Gasteiger partial charge in [-0.05, 0) is 38.3 Å². The van der Waals surface area contributed by atoms with E-state index in [0.29, 0.717) is 0 Å². The summed E-state index contributed by atoms with van der Waals surface area (Å²) in [5.41, 5.74) is 2.07. The molecule has 150 valence electrons. The SMILES string of the molecule is CCCSN1CCN(C2(CNC(=O)c3cccc(C)c3)CCCCC2)CC1. The summed E-state index contributed by atoms with van der Waals surface area (Å²) in [5.74, 6) is 1.29. The van der Waals surface area contributed by atoms with Crippen LogP contribution in [0, 0.1) is 6.92 Å². The number of benzene rings is 1. The van der Waals surface area contributed by atoms with Crippen LogP contribution < -0.4 is 5.32 Å². The molecule has 0 spiro atoms. The van der Waals surface area contributed by atoms with Crippen molar-refractivity contribution in [2.75, 3.05) is 38.5 Å². The lowest BCUT2D eigenvalue weighted by Gasteiger charge is -2.49. The molecule has 0 aromatic heterocycles. The van der Waals surface area contributed by atoms with E-state index in [1.165, 1.54) is 44.3 Å². The summed E-state index contributed by atoms with van der Waals surface area (Å²) in [7, 11) is 0. The van der Waals surface area contributed by atoms with Crippen LogP contribution in [-0.4, -0.2) is 59.1 Å². The maximum atomic E-state index is 12.7. The summed E-state index contributed by atoms with van der Waals surface area (Å²) < 4.78 is 2.53. The molecule has 1 aliphatic carbocycles. The van der Waals surface area contributed by atoms with E-state index in [1.807, 2.05) is 43.1 Å². The molecule has 3 rings (SSSR count). The highest BCUT2D eigenvalue weighted by Gasteiger charge is 2.39. The van der Waals surface area contributed by atoms with E-state index < -0.39 is 0 Å². The van der Waals surface area contributed by atoms with Gasteiger partial charge in [-0.25, -0.2) is 4.31 Å². The predicted octanol–water partition coefficient (Wildman–Crippen LogP) is 4.10. The molecule has 1 heterocycles. The lowest BCUT2D eigenvalue weighted by molar-refractivity contribution is 0.0256. The molecule has 0 atom stereocenters. The molecule has 1 amide bonds. The highest BCUT2D eigenvalue weighted by Crippen LogP contribution is 2.34. The second-order valence-corrected chi connectivity index (χ2v) is 9.27. The van der Waals surface area contributed by atoms with E-state index in [0.717, 1.165) is 43.9 Å². The van der Waals surface area contributed by atoms with Crippen LogP contribution in [0.1, 0.15) is 61.4 Å². The number of carbonyl (C=O) groups excluding carboxylic acids is 1. The number of hydrogen-bond donors (Lipinski definition) is 1. The first-order chi connectivity index (χ1) is 13.1. The van der Waals surface area contributed by atoms with Crippen LogP contribution in [0.5, 0.6) is 0 Å². The molecule has 1 N–H and O–H groups in total. The van der Waals surface area contributed by atoms with Crippen molar-refractivity contribution in [3.8, 4) is 0 Å². The second-order valence-electron chi connectivity index (χ2n) is 8.09. The Morgan fingerprint density at radius 3 is 2.56 bits per heavy atom. The van der Waals surface area contributed by atoms with Crippen molar-refractivity contribution in [3.05, 3.63) is 35.4 Å². The fraction of sp³-hybridized carbons (Fsp3) is 0.682. The minimum atomic E-state index is 0.0702. The predicted molar refractivity (Wildman–Crippen MR) is 115 cm³/mol. The number of aryl methyl sites for hydroxylation is 1. The quantitative estimate of drug-likeness (QED) is 0.712. The first kappa shape index (κ1) is 20.7. The van der Waals surface area contributed by atoms with Gasteiger partial charge in [0, 0.05) is 49.6 Å². The molecule has 2 fully saturated rings. The number of nitrogens with zero attached hydrogens (tertiary/aromatic N) is 2. The van der Waals surface area contributed by atoms with Gasteiger partial charge >= 0.3 is 0 Å². The average Bonchev–Trinajstić information content (AvgIpc) is 2.71. The Labute approximate surface area is 169 Å². The number of nitrogens with one attached hydrogen (secondary N) is 1. The zero-order chi connectivity index (χ0) is 19.1. The summed E-state index contributed by atoms with van der Waals surface area (Å²) in [6.07, 6.45) is 7.56. The number of rotatable bonds is 7. The molecule has 4 nitrogen and oxygen atoms in total. The summed E-state index contributed by atoms with van der Waals surface area (Å²) in [4.78, 5) is 15.4. The molecule has 5 heteroatoms. The van der Waals surface area contributed by atoms with Crippen molar-refractivity contribution in [3.63, 3.8) is 0 Å². The maximum Gasteiger partial charge on any atom is 0.251 e. The normalized spacial score (nSPS) is 21.1. The molecule has 27 heavy (non-hydrogen) atoms. The first-order valence-electron chi connectivity index (χ1n) is 10.6. The third kappa shape index (κ3) is 5.49. The smallest absolute Gasteiger partial charge is 0.251 e. The Kier molecular flexibility index (Phi) is 7.62. The van der Waals surface area contributed by atoms with Gasteiger partial charge in [-0.3, -0.25) is 9.69 Å². The van der Waals surface area contributed by atoms with Crippen molar-refractivity contribution in [1.29, 1.82) is 0 Å². The Balaban J connectivity index is 1.60. The maximum absolute atomic E-state index is 12.7. The molecule has 2 aliphatic rings. The van der Waals surface area contributed by atoms with E-state index in [-0.39, 0.29) is 11.4 Å². The zero-order valence-corrected chi connectivity index (χ0v) is 17.8. The van der Waals surface area contributed by atoms with E-state index in [2.05, 4.69) is 21.4 Å². The van der Waals surface area contributed by atoms with E-state index >= 15 is 0 Å². The van der Waals surface area contributed by atoms with Crippen LogP contribution in [0.3, 0.4) is 0 Å². The van der Waals surface area contributed by atoms with Gasteiger partial charge in [0.05, 0.1) is 0 Å². The number of piperazine rings is 1. The average molecular weight is 390 g/mol. The van der Waals surface area contributed by atoms with Crippen LogP contribution in [0.25, 0.3) is 0 Å². The monoisotopic (exact) mass is 389 g/mol. The highest BCUT2D eigenvalue weighted by atomic mass is 32.2. The van der Waals surface area contributed by atoms with Gasteiger partial charge in [0.1, 0.15) is 0 Å². The van der Waals surface area contributed by atoms with Crippen molar-refractivity contribution >= 4 is 17.9 Å². The molecule has 1 aromatic carbocycles. The Hall–Kier alpha value is -1.04. The summed E-state index contributed by atoms with van der Waals surface area (Å²) in [6, 6.07) is 7.90. The largest absolute Gasteiger partial charge is 0.350 e. The molecule has 1 aliphatic heterocycles. The standard InChI is InChI=1S/C22H35N3OS/c1-3-16-27-25-14-12-24(13-15-25)22(10-5-4-6-11-22)18-23-21(26)20-9-7-8-19(2)17-20/h7-9,17H,3-6,10-16,18H2,1-2H3,(H,23,26). The van der Waals surface area contributed by atoms with Gasteiger partial charge in [0.25, 0.3) is 5.91 Å². The molecule has 0 unspecified atom stereocenters. The van der Waals surface area contributed by atoms with E-state index in [4.69, 9.17) is 0 Å². The van der Waals surface area contributed by atoms with Gasteiger partial charge in [0.2, 0.25) is 0 Å². The second kappa shape index (κ2) is 9.94. The van der Waals surface area contributed by atoms with Gasteiger partial charge in [-0.15, -0.1) is 0 Å². The van der Waals surface area contributed by atoms with Crippen LogP contribution >= 0.6 is 11.9 Å². The summed E-state index contributed by atoms with van der Waals surface area (Å²) in [6.45, 7) is 9.58. The van der Waals surface area contributed by atoms with Gasteiger partial charge in [-0.2, -0.15) is 0 Å². The van der Waals surface area contributed by atoms with Gasteiger partial charge in [-0.1, -0.05) is 55.8 Å². The molecule has 0 radical (unpaired) electrons. The minimum absolute atomic E-state index is 0.0702. The fourth-order valence-corrected chi connectivity index (χ4v) is 5.32. The first-order valence-corrected chi connectivity index (χ1v) is 11.5. The topological polar surface area (TPSA) is 35.6 Å². The minimum Gasteiger partial charge on any atom is -0.350 e. The third-order valence-corrected chi connectivity index (χ3v) is 7.35. The third-order valence-electron chi connectivity index (χ3n) is 6.03. The zero-order valence-electron chi connectivity index (χ0n) is 17.0. The number of carbonyl (C=O) groups is 1. The molecule has 0 bridgehead atoms. The van der Waals surface area contributed by atoms with Gasteiger partial charge in [0.15, 0.2) is 0 Å². The van der Waals surface area contributed by atoms with Crippen LogP contribution in [-0.2, 0) is 0 Å². The molecule has 1 saturated heterocycles. The molecular formula is C22H35N3OS. The van der Waals surface area contributed by atoms with Crippen LogP contribution in [0.2, 0.25) is 0 Å². The molecule has 1 saturated carbocycles. The van der Waals surface area contributed by atoms with E-state index in [9.17, 15) is 4.79 Å². The van der Waals surface area contributed by atoms with E-state index in [1.54, 1.807) is 0 Å². The molecular weight excluding hydrogens is 354 g/mol. The highest BCUT2D eigenvalue weighted by molar-refractivity contribution is 7.97. The lowest BCUT2D eigenvalue weighted by Crippen LogP contribution is -2.61. The van der Waals surface area contributed by atoms with Crippen molar-refractivity contribution in [2.45, 2.75) is 57.9 Å². The van der Waals surface area contributed by atoms with Crippen LogP contribution in [0.15, 0.2) is 24.3 Å². The fourth-order valence-electron chi connectivity index (χ4n) is 4.46. The Morgan fingerprint density at radius 1 is 1.15 bits per heavy atom. The van der Waals surface area contributed by atoms with Gasteiger partial charge < -0.3 is 5.32 Å². The van der Waals surface area contributed by atoms with Crippen molar-refractivity contribution in [1.82, 2.24) is 14.5 Å². The van der Waals surface area contributed by atoms with Crippen LogP contribution in [0.4, 0.5) is 0 Å². The summed E-state index contributed by atoms with van der Waals surface area (Å²) in [5, 5.41) is 3.28. The van der Waals surface area contributed by atoms with Crippen molar-refractivity contribution in [2.24, 2.45) is 0 Å². The lowest BCUT2D eigenvalue weighted by atomic mass is 9.79. The Bertz CT molecular complexity index is 607. The molecule has 1 aromatic rings. The summed E-state index contributed by atoms with van der Waals surface area (Å²) >= 11 is 2.00. The number of amides is 1. The number of hydrogen-bond acceptors (Lipinski definition) is 4. The Morgan fingerprint density at radius 2 is 1.89 bits per heavy atom. The van der Waals surface area contributed by atoms with Crippen molar-refractivity contribution < 1.29 is 4.79 Å².